The average molecular weight is 251 g/mol. The van der Waals surface area contributed by atoms with Crippen LogP contribution in [0.15, 0.2) is 18.2 Å². The molecule has 0 aliphatic carbocycles. The molecule has 0 bridgehead atoms. The largest absolute Gasteiger partial charge is 0.348 e. The molecule has 0 spiro atoms. The number of thioether (sulfide) groups is 1. The molecule has 1 aromatic carbocycles. The first-order chi connectivity index (χ1) is 8.20. The third kappa shape index (κ3) is 2.92. The molecule has 1 unspecified atom stereocenters. The number of nitrogens with one attached hydrogen (secondary N) is 2. The Hall–Kier alpha value is -1.20. The SMILES string of the molecule is Cc1ccc(NN)c(C(=O)NC2CCSC2)c1. The number of hydrogen-bond acceptors (Lipinski definition) is 4. The fraction of sp³-hybridized carbons (Fsp3) is 0.417. The molecule has 1 amide bonds. The molecule has 4 N–H and O–H groups in total. The predicted octanol–water partition coefficient (Wildman–Crippen LogP) is 1.52. The van der Waals surface area contributed by atoms with Gasteiger partial charge in [-0.25, -0.2) is 0 Å². The summed E-state index contributed by atoms with van der Waals surface area (Å²) in [6.07, 6.45) is 1.05. The zero-order valence-corrected chi connectivity index (χ0v) is 10.6. The minimum absolute atomic E-state index is 0.0471. The van der Waals surface area contributed by atoms with Gasteiger partial charge in [-0.3, -0.25) is 10.6 Å². The quantitative estimate of drug-likeness (QED) is 0.563. The highest BCUT2D eigenvalue weighted by Crippen LogP contribution is 2.20. The summed E-state index contributed by atoms with van der Waals surface area (Å²) in [6, 6.07) is 5.90. The van der Waals surface area contributed by atoms with Crippen molar-refractivity contribution >= 4 is 23.4 Å². The van der Waals surface area contributed by atoms with Gasteiger partial charge in [0.2, 0.25) is 0 Å². The Morgan fingerprint density at radius 3 is 3.00 bits per heavy atom. The average Bonchev–Trinajstić information content (AvgIpc) is 2.81. The van der Waals surface area contributed by atoms with Gasteiger partial charge < -0.3 is 10.7 Å². The van der Waals surface area contributed by atoms with Crippen LogP contribution in [-0.2, 0) is 0 Å². The van der Waals surface area contributed by atoms with Gasteiger partial charge in [-0.15, -0.1) is 0 Å². The molecular formula is C12H17N3OS. The van der Waals surface area contributed by atoms with E-state index in [2.05, 4.69) is 10.7 Å². The topological polar surface area (TPSA) is 67.1 Å². The zero-order chi connectivity index (χ0) is 12.3. The fourth-order valence-electron chi connectivity index (χ4n) is 1.88. The molecule has 2 rings (SSSR count). The lowest BCUT2D eigenvalue weighted by molar-refractivity contribution is 0.0942. The van der Waals surface area contributed by atoms with Crippen LogP contribution in [0.3, 0.4) is 0 Å². The summed E-state index contributed by atoms with van der Waals surface area (Å²) in [5.41, 5.74) is 4.89. The highest BCUT2D eigenvalue weighted by molar-refractivity contribution is 7.99. The number of anilines is 1. The minimum atomic E-state index is -0.0471. The van der Waals surface area contributed by atoms with E-state index in [0.29, 0.717) is 17.3 Å². The van der Waals surface area contributed by atoms with E-state index in [4.69, 9.17) is 5.84 Å². The molecule has 1 atom stereocenters. The van der Waals surface area contributed by atoms with Crippen LogP contribution in [0.2, 0.25) is 0 Å². The van der Waals surface area contributed by atoms with Gasteiger partial charge in [-0.2, -0.15) is 11.8 Å². The van der Waals surface area contributed by atoms with Crippen LogP contribution in [0.1, 0.15) is 22.3 Å². The maximum atomic E-state index is 12.1. The van der Waals surface area contributed by atoms with Crippen molar-refractivity contribution in [1.29, 1.82) is 0 Å². The third-order valence-electron chi connectivity index (χ3n) is 2.84. The van der Waals surface area contributed by atoms with E-state index in [1.165, 1.54) is 0 Å². The summed E-state index contributed by atoms with van der Waals surface area (Å²) in [4.78, 5) is 12.1. The molecule has 0 saturated carbocycles. The standard InChI is InChI=1S/C12H17N3OS/c1-8-2-3-11(15-13)10(6-8)12(16)14-9-4-5-17-7-9/h2-3,6,9,15H,4-5,7,13H2,1H3,(H,14,16). The van der Waals surface area contributed by atoms with Crippen LogP contribution in [0.4, 0.5) is 5.69 Å². The second-order valence-corrected chi connectivity index (χ2v) is 5.38. The number of aryl methyl sites for hydroxylation is 1. The van der Waals surface area contributed by atoms with Crippen molar-refractivity contribution in [3.8, 4) is 0 Å². The molecule has 1 aromatic rings. The number of hydrogen-bond donors (Lipinski definition) is 3. The van der Waals surface area contributed by atoms with Crippen LogP contribution in [0.5, 0.6) is 0 Å². The summed E-state index contributed by atoms with van der Waals surface area (Å²) in [7, 11) is 0. The Balaban J connectivity index is 2.14. The Bertz CT molecular complexity index is 416. The van der Waals surface area contributed by atoms with E-state index in [0.717, 1.165) is 23.5 Å². The second kappa shape index (κ2) is 5.42. The molecule has 1 fully saturated rings. The lowest BCUT2D eigenvalue weighted by Crippen LogP contribution is -2.35. The molecule has 1 aliphatic rings. The lowest BCUT2D eigenvalue weighted by atomic mass is 10.1. The first kappa shape index (κ1) is 12.3. The summed E-state index contributed by atoms with van der Waals surface area (Å²) in [6.45, 7) is 1.96. The molecule has 92 valence electrons. The van der Waals surface area contributed by atoms with Crippen molar-refractivity contribution in [1.82, 2.24) is 5.32 Å². The van der Waals surface area contributed by atoms with E-state index in [1.807, 2.05) is 36.9 Å². The molecule has 0 radical (unpaired) electrons. The Labute approximate surface area is 105 Å². The smallest absolute Gasteiger partial charge is 0.253 e. The molecule has 1 saturated heterocycles. The summed E-state index contributed by atoms with van der Waals surface area (Å²) in [5, 5.41) is 3.04. The summed E-state index contributed by atoms with van der Waals surface area (Å²) in [5.74, 6) is 7.49. The van der Waals surface area contributed by atoms with Gasteiger partial charge in [0.15, 0.2) is 0 Å². The highest BCUT2D eigenvalue weighted by atomic mass is 32.2. The number of benzene rings is 1. The molecule has 17 heavy (non-hydrogen) atoms. The molecule has 5 heteroatoms. The lowest BCUT2D eigenvalue weighted by Gasteiger charge is -2.14. The normalized spacial score (nSPS) is 19.1. The van der Waals surface area contributed by atoms with Gasteiger partial charge in [0.1, 0.15) is 0 Å². The van der Waals surface area contributed by atoms with Gasteiger partial charge >= 0.3 is 0 Å². The van der Waals surface area contributed by atoms with E-state index >= 15 is 0 Å². The molecule has 4 nitrogen and oxygen atoms in total. The molecular weight excluding hydrogens is 234 g/mol. The first-order valence-electron chi connectivity index (χ1n) is 5.66. The van der Waals surface area contributed by atoms with Crippen molar-refractivity contribution in [2.24, 2.45) is 5.84 Å². The Morgan fingerprint density at radius 2 is 2.35 bits per heavy atom. The monoisotopic (exact) mass is 251 g/mol. The fourth-order valence-corrected chi connectivity index (χ4v) is 3.04. The number of carbonyl (C=O) groups excluding carboxylic acids is 1. The maximum Gasteiger partial charge on any atom is 0.253 e. The van der Waals surface area contributed by atoms with E-state index in [1.54, 1.807) is 0 Å². The molecule has 1 heterocycles. The van der Waals surface area contributed by atoms with Crippen LogP contribution >= 0.6 is 11.8 Å². The van der Waals surface area contributed by atoms with Crippen molar-refractivity contribution in [3.63, 3.8) is 0 Å². The minimum Gasteiger partial charge on any atom is -0.348 e. The number of nitrogen functional groups attached to an aromatic ring is 1. The van der Waals surface area contributed by atoms with Gasteiger partial charge in [0, 0.05) is 11.8 Å². The molecule has 0 aromatic heterocycles. The highest BCUT2D eigenvalue weighted by Gasteiger charge is 2.19. The predicted molar refractivity (Wildman–Crippen MR) is 72.2 cm³/mol. The Kier molecular flexibility index (Phi) is 3.91. The van der Waals surface area contributed by atoms with Crippen LogP contribution in [-0.4, -0.2) is 23.5 Å². The van der Waals surface area contributed by atoms with E-state index < -0.39 is 0 Å². The zero-order valence-electron chi connectivity index (χ0n) is 9.82. The Morgan fingerprint density at radius 1 is 1.53 bits per heavy atom. The van der Waals surface area contributed by atoms with Gasteiger partial charge in [0.25, 0.3) is 5.91 Å². The number of nitrogens with two attached hydrogens (primary N) is 1. The third-order valence-corrected chi connectivity index (χ3v) is 4.00. The first-order valence-corrected chi connectivity index (χ1v) is 6.82. The van der Waals surface area contributed by atoms with Crippen molar-refractivity contribution < 1.29 is 4.79 Å². The van der Waals surface area contributed by atoms with Gasteiger partial charge in [-0.1, -0.05) is 11.6 Å². The summed E-state index contributed by atoms with van der Waals surface area (Å²) >= 11 is 1.88. The summed E-state index contributed by atoms with van der Waals surface area (Å²) < 4.78 is 0. The van der Waals surface area contributed by atoms with Crippen molar-refractivity contribution in [3.05, 3.63) is 29.3 Å². The van der Waals surface area contributed by atoms with Gasteiger partial charge in [0.05, 0.1) is 11.3 Å². The van der Waals surface area contributed by atoms with Crippen LogP contribution < -0.4 is 16.6 Å². The van der Waals surface area contributed by atoms with Gasteiger partial charge in [-0.05, 0) is 31.2 Å². The molecule has 1 aliphatic heterocycles. The van der Waals surface area contributed by atoms with Crippen molar-refractivity contribution in [2.45, 2.75) is 19.4 Å². The number of carbonyl (C=O) groups is 1. The second-order valence-electron chi connectivity index (χ2n) is 4.23. The van der Waals surface area contributed by atoms with E-state index in [-0.39, 0.29) is 5.91 Å². The van der Waals surface area contributed by atoms with Crippen LogP contribution in [0.25, 0.3) is 0 Å². The maximum absolute atomic E-state index is 12.1. The number of hydrazine groups is 1. The van der Waals surface area contributed by atoms with Crippen molar-refractivity contribution in [2.75, 3.05) is 16.9 Å². The van der Waals surface area contributed by atoms with Crippen LogP contribution in [0, 0.1) is 6.92 Å². The van der Waals surface area contributed by atoms with E-state index in [9.17, 15) is 4.79 Å². The number of rotatable bonds is 3. The number of amides is 1.